The number of phenolic OH excluding ortho intramolecular Hbond substituents is 1. The Morgan fingerprint density at radius 2 is 2.07 bits per heavy atom. The maximum atomic E-state index is 15.1. The van der Waals surface area contributed by atoms with Crippen LogP contribution < -0.4 is 10.7 Å². The molecule has 0 spiro atoms. The van der Waals surface area contributed by atoms with Crippen molar-refractivity contribution in [2.75, 3.05) is 44.7 Å². The van der Waals surface area contributed by atoms with E-state index in [9.17, 15) is 5.11 Å². The maximum absolute atomic E-state index is 15.1. The van der Waals surface area contributed by atoms with E-state index in [2.05, 4.69) is 51.5 Å². The Morgan fingerprint density at radius 3 is 2.84 bits per heavy atom. The number of rotatable bonds is 11. The van der Waals surface area contributed by atoms with Crippen molar-refractivity contribution in [1.29, 1.82) is 0 Å². The third-order valence-corrected chi connectivity index (χ3v) is 7.31. The first-order valence-corrected chi connectivity index (χ1v) is 15.0. The number of amidine groups is 1. The molecule has 0 amide bonds. The summed E-state index contributed by atoms with van der Waals surface area (Å²) in [4.78, 5) is 10.9. The van der Waals surface area contributed by atoms with Crippen LogP contribution in [-0.2, 0) is 17.6 Å². The zero-order valence-corrected chi connectivity index (χ0v) is 25.2. The summed E-state index contributed by atoms with van der Waals surface area (Å²) in [7, 11) is 0. The third kappa shape index (κ3) is 9.64. The summed E-state index contributed by atoms with van der Waals surface area (Å²) in [6.07, 6.45) is 11.2. The summed E-state index contributed by atoms with van der Waals surface area (Å²) in [6.45, 7) is 11.3. The standard InChI is InChI=1S/C34H43FN6O2/c1-4-9-28-22-30(36-15-7-6-10-26(5-2)20-27-11-8-12-31(42)21-27)14-13-29(28)24-38-40-34-37-23-25(3)32(35)33(39-34)41-16-18-43-19-17-41/h5-8,10-14,21-22,24-25,32,36,42H,2,4,9,15-20,23H2,1,3H3,(H,37,40)/b7-6-,26-10+,38-24+/t25-,32?/m0/s1. The van der Waals surface area contributed by atoms with Gasteiger partial charge in [0.15, 0.2) is 6.17 Å². The van der Waals surface area contributed by atoms with Crippen molar-refractivity contribution in [3.8, 4) is 5.75 Å². The number of aliphatic imine (C=N–C) groups is 2. The highest BCUT2D eigenvalue weighted by molar-refractivity contribution is 5.99. The zero-order valence-electron chi connectivity index (χ0n) is 25.2. The second-order valence-electron chi connectivity index (χ2n) is 10.7. The summed E-state index contributed by atoms with van der Waals surface area (Å²) in [5.41, 5.74) is 8.26. The van der Waals surface area contributed by atoms with E-state index in [1.54, 1.807) is 18.3 Å². The molecule has 4 rings (SSSR count). The van der Waals surface area contributed by atoms with E-state index in [1.807, 2.05) is 54.3 Å². The van der Waals surface area contributed by atoms with Gasteiger partial charge in [0.05, 0.1) is 19.4 Å². The Kier molecular flexibility index (Phi) is 12.1. The smallest absolute Gasteiger partial charge is 0.240 e. The zero-order chi connectivity index (χ0) is 30.4. The van der Waals surface area contributed by atoms with Gasteiger partial charge in [-0.3, -0.25) is 0 Å². The number of anilines is 1. The van der Waals surface area contributed by atoms with Crippen molar-refractivity contribution in [2.45, 2.75) is 39.3 Å². The van der Waals surface area contributed by atoms with Gasteiger partial charge in [-0.15, -0.1) is 0 Å². The molecular weight excluding hydrogens is 543 g/mol. The Balaban J connectivity index is 1.35. The summed E-state index contributed by atoms with van der Waals surface area (Å²) in [5, 5.41) is 17.6. The molecular formula is C34H43FN6O2. The van der Waals surface area contributed by atoms with E-state index >= 15 is 4.39 Å². The quantitative estimate of drug-likeness (QED) is 0.179. The molecule has 2 atom stereocenters. The van der Waals surface area contributed by atoms with Crippen LogP contribution >= 0.6 is 0 Å². The number of benzene rings is 2. The van der Waals surface area contributed by atoms with E-state index in [0.717, 1.165) is 35.2 Å². The summed E-state index contributed by atoms with van der Waals surface area (Å²) in [6, 6.07) is 13.5. The largest absolute Gasteiger partial charge is 0.508 e. The van der Waals surface area contributed by atoms with Gasteiger partial charge in [0, 0.05) is 37.8 Å². The molecule has 0 aromatic heterocycles. The number of nitrogens with one attached hydrogen (secondary N) is 2. The molecule has 2 aliphatic heterocycles. The summed E-state index contributed by atoms with van der Waals surface area (Å²) < 4.78 is 20.5. The third-order valence-electron chi connectivity index (χ3n) is 7.31. The number of allylic oxidation sites excluding steroid dienone is 4. The minimum atomic E-state index is -1.18. The molecule has 1 unspecified atom stereocenters. The number of phenols is 1. The molecule has 2 aromatic rings. The highest BCUT2D eigenvalue weighted by Gasteiger charge is 2.30. The van der Waals surface area contributed by atoms with Gasteiger partial charge in [0.1, 0.15) is 11.6 Å². The van der Waals surface area contributed by atoms with Gasteiger partial charge in [-0.1, -0.05) is 69.4 Å². The Labute approximate surface area is 254 Å². The van der Waals surface area contributed by atoms with Crippen molar-refractivity contribution in [3.63, 3.8) is 0 Å². The highest BCUT2D eigenvalue weighted by atomic mass is 19.1. The summed E-state index contributed by atoms with van der Waals surface area (Å²) >= 11 is 0. The fourth-order valence-corrected chi connectivity index (χ4v) is 4.91. The number of hydrazone groups is 1. The number of morpholine rings is 1. The van der Waals surface area contributed by atoms with E-state index in [-0.39, 0.29) is 11.7 Å². The number of hydrogen-bond donors (Lipinski definition) is 3. The normalized spacial score (nSPS) is 19.7. The first-order chi connectivity index (χ1) is 21.0. The molecule has 8 nitrogen and oxygen atoms in total. The lowest BCUT2D eigenvalue weighted by atomic mass is 10.0. The van der Waals surface area contributed by atoms with Gasteiger partial charge < -0.3 is 20.1 Å². The average molecular weight is 587 g/mol. The monoisotopic (exact) mass is 586 g/mol. The molecule has 0 radical (unpaired) electrons. The SMILES string of the molecule is C=C/C(=C\C=C/CNc1ccc(/C=N/NC2=NC[C@H](C)C(F)C(N3CCOCC3)=N2)c(CCC)c1)Cc1cccc(O)c1. The predicted molar refractivity (Wildman–Crippen MR) is 175 cm³/mol. The first kappa shape index (κ1) is 31.7. The fourth-order valence-electron chi connectivity index (χ4n) is 4.91. The van der Waals surface area contributed by atoms with Crippen molar-refractivity contribution in [3.05, 3.63) is 95.6 Å². The molecule has 0 saturated carbocycles. The number of alkyl halides is 1. The molecule has 228 valence electrons. The van der Waals surface area contributed by atoms with Crippen LogP contribution in [0.5, 0.6) is 5.75 Å². The van der Waals surface area contributed by atoms with Crippen molar-refractivity contribution in [2.24, 2.45) is 21.0 Å². The molecule has 0 aliphatic carbocycles. The second kappa shape index (κ2) is 16.4. The predicted octanol–water partition coefficient (Wildman–Crippen LogP) is 5.67. The molecule has 0 bridgehead atoms. The van der Waals surface area contributed by atoms with Crippen LogP contribution in [0.2, 0.25) is 0 Å². The lowest BCUT2D eigenvalue weighted by Crippen LogP contribution is -2.46. The van der Waals surface area contributed by atoms with Crippen LogP contribution in [0.4, 0.5) is 10.1 Å². The van der Waals surface area contributed by atoms with E-state index < -0.39 is 6.17 Å². The van der Waals surface area contributed by atoms with Gasteiger partial charge in [0.25, 0.3) is 0 Å². The van der Waals surface area contributed by atoms with Crippen LogP contribution in [-0.4, -0.2) is 73.6 Å². The number of hydrogen-bond acceptors (Lipinski definition) is 8. The van der Waals surface area contributed by atoms with Crippen molar-refractivity contribution < 1.29 is 14.2 Å². The molecule has 2 heterocycles. The van der Waals surface area contributed by atoms with Crippen molar-refractivity contribution >= 4 is 23.7 Å². The minimum Gasteiger partial charge on any atom is -0.508 e. The van der Waals surface area contributed by atoms with Crippen LogP contribution in [0.25, 0.3) is 0 Å². The van der Waals surface area contributed by atoms with Crippen LogP contribution in [0.15, 0.2) is 94.0 Å². The van der Waals surface area contributed by atoms with E-state index in [4.69, 9.17) is 4.74 Å². The second-order valence-corrected chi connectivity index (χ2v) is 10.7. The molecule has 2 aliphatic rings. The Hall–Kier alpha value is -4.24. The van der Waals surface area contributed by atoms with Gasteiger partial charge in [0.2, 0.25) is 5.96 Å². The first-order valence-electron chi connectivity index (χ1n) is 15.0. The fraction of sp³-hybridized carbons (Fsp3) is 0.382. The Bertz CT molecular complexity index is 1380. The number of aromatic hydroxyl groups is 1. The molecule has 43 heavy (non-hydrogen) atoms. The number of aryl methyl sites for hydroxylation is 1. The van der Waals surface area contributed by atoms with Crippen LogP contribution in [0.3, 0.4) is 0 Å². The van der Waals surface area contributed by atoms with Gasteiger partial charge >= 0.3 is 0 Å². The number of nitrogens with zero attached hydrogens (tertiary/aromatic N) is 4. The lowest BCUT2D eigenvalue weighted by molar-refractivity contribution is 0.0641. The lowest BCUT2D eigenvalue weighted by Gasteiger charge is -2.31. The van der Waals surface area contributed by atoms with Crippen molar-refractivity contribution in [1.82, 2.24) is 10.3 Å². The topological polar surface area (TPSA) is 93.8 Å². The average Bonchev–Trinajstić information content (AvgIpc) is 3.16. The summed E-state index contributed by atoms with van der Waals surface area (Å²) in [5.74, 6) is 0.727. The molecule has 1 saturated heterocycles. The molecule has 1 fully saturated rings. The van der Waals surface area contributed by atoms with Gasteiger partial charge in [-0.25, -0.2) is 14.8 Å². The van der Waals surface area contributed by atoms with E-state index in [0.29, 0.717) is 57.6 Å². The number of ether oxygens (including phenoxy) is 1. The van der Waals surface area contributed by atoms with Crippen LogP contribution in [0, 0.1) is 5.92 Å². The molecule has 9 heteroatoms. The molecule has 3 N–H and O–H groups in total. The number of guanidine groups is 1. The van der Waals surface area contributed by atoms with Crippen LogP contribution in [0.1, 0.15) is 37.0 Å². The maximum Gasteiger partial charge on any atom is 0.240 e. The molecule has 2 aromatic carbocycles. The van der Waals surface area contributed by atoms with E-state index in [1.165, 1.54) is 5.56 Å². The minimum absolute atomic E-state index is 0.263. The van der Waals surface area contributed by atoms with Gasteiger partial charge in [-0.2, -0.15) is 10.1 Å². The Morgan fingerprint density at radius 1 is 1.23 bits per heavy atom. The van der Waals surface area contributed by atoms with Gasteiger partial charge in [-0.05, 0) is 59.4 Å². The highest BCUT2D eigenvalue weighted by Crippen LogP contribution is 2.19. The number of halogens is 1.